The first-order valence-corrected chi connectivity index (χ1v) is 6.23. The Labute approximate surface area is 121 Å². The largest absolute Gasteiger partial charge is 0.384 e. The molecule has 1 heterocycles. The van der Waals surface area contributed by atoms with Crippen LogP contribution in [0.3, 0.4) is 0 Å². The lowest BCUT2D eigenvalue weighted by Crippen LogP contribution is -2.41. The third-order valence-electron chi connectivity index (χ3n) is 2.97. The number of allylic oxidation sites excluding steroid dienone is 1. The van der Waals surface area contributed by atoms with Crippen LogP contribution >= 0.6 is 23.8 Å². The van der Waals surface area contributed by atoms with Gasteiger partial charge in [0.1, 0.15) is 11.7 Å². The summed E-state index contributed by atoms with van der Waals surface area (Å²) in [5.74, 6) is -1.00. The van der Waals surface area contributed by atoms with E-state index in [1.807, 2.05) is 6.07 Å². The van der Waals surface area contributed by atoms with Gasteiger partial charge < -0.3 is 11.1 Å². The van der Waals surface area contributed by atoms with Gasteiger partial charge in [0.05, 0.1) is 22.7 Å². The number of rotatable bonds is 1. The zero-order chi connectivity index (χ0) is 14.0. The summed E-state index contributed by atoms with van der Waals surface area (Å²) in [6.07, 6.45) is 0. The Morgan fingerprint density at radius 1 is 1.32 bits per heavy atom. The molecular formula is C13H9ClN4S. The second-order valence-corrected chi connectivity index (χ2v) is 4.88. The van der Waals surface area contributed by atoms with Crippen molar-refractivity contribution in [2.75, 3.05) is 0 Å². The Bertz CT molecular complexity index is 653. The molecule has 2 unspecified atom stereocenters. The molecule has 1 aromatic carbocycles. The molecule has 0 radical (unpaired) electrons. The summed E-state index contributed by atoms with van der Waals surface area (Å²) >= 11 is 11.3. The average Bonchev–Trinajstić information content (AvgIpc) is 2.38. The van der Waals surface area contributed by atoms with Crippen LogP contribution in [-0.2, 0) is 0 Å². The van der Waals surface area contributed by atoms with Crippen molar-refractivity contribution in [3.63, 3.8) is 0 Å². The highest BCUT2D eigenvalue weighted by molar-refractivity contribution is 7.80. The molecule has 0 aromatic heterocycles. The van der Waals surface area contributed by atoms with Gasteiger partial charge in [-0.3, -0.25) is 0 Å². The van der Waals surface area contributed by atoms with E-state index in [1.165, 1.54) is 0 Å². The number of hydrogen-bond acceptors (Lipinski definition) is 4. The third-order valence-corrected chi connectivity index (χ3v) is 3.67. The monoisotopic (exact) mass is 288 g/mol. The van der Waals surface area contributed by atoms with E-state index in [-0.39, 0.29) is 11.4 Å². The van der Waals surface area contributed by atoms with E-state index >= 15 is 0 Å². The molecule has 2 rings (SSSR count). The van der Waals surface area contributed by atoms with Crippen molar-refractivity contribution in [1.29, 1.82) is 10.5 Å². The minimum atomic E-state index is -0.656. The average molecular weight is 289 g/mol. The Kier molecular flexibility index (Phi) is 3.71. The summed E-state index contributed by atoms with van der Waals surface area (Å²) in [7, 11) is 0. The van der Waals surface area contributed by atoms with Crippen LogP contribution < -0.4 is 11.1 Å². The van der Waals surface area contributed by atoms with E-state index in [0.717, 1.165) is 0 Å². The van der Waals surface area contributed by atoms with Crippen LogP contribution in [0, 0.1) is 28.6 Å². The fraction of sp³-hybridized carbons (Fsp3) is 0.154. The Balaban J connectivity index is 2.66. The Morgan fingerprint density at radius 3 is 2.58 bits per heavy atom. The summed E-state index contributed by atoms with van der Waals surface area (Å²) < 4.78 is 0. The molecule has 0 aliphatic carbocycles. The normalized spacial score (nSPS) is 22.4. The zero-order valence-electron chi connectivity index (χ0n) is 9.72. The third kappa shape index (κ3) is 2.26. The van der Waals surface area contributed by atoms with Crippen LogP contribution in [0.4, 0.5) is 0 Å². The van der Waals surface area contributed by atoms with E-state index in [9.17, 15) is 10.5 Å². The van der Waals surface area contributed by atoms with Crippen LogP contribution in [0.15, 0.2) is 35.7 Å². The van der Waals surface area contributed by atoms with Crippen LogP contribution in [-0.4, -0.2) is 4.99 Å². The van der Waals surface area contributed by atoms with E-state index in [1.54, 1.807) is 24.3 Å². The Morgan fingerprint density at radius 2 is 2.00 bits per heavy atom. The maximum Gasteiger partial charge on any atom is 0.116 e. The van der Waals surface area contributed by atoms with Gasteiger partial charge in [-0.1, -0.05) is 42.0 Å². The summed E-state index contributed by atoms with van der Waals surface area (Å²) in [4.78, 5) is 0.309. The number of nitrogens with two attached hydrogens (primary N) is 1. The first-order valence-electron chi connectivity index (χ1n) is 5.44. The molecular weight excluding hydrogens is 280 g/mol. The van der Waals surface area contributed by atoms with Crippen LogP contribution in [0.25, 0.3) is 0 Å². The smallest absolute Gasteiger partial charge is 0.116 e. The summed E-state index contributed by atoms with van der Waals surface area (Å²) in [6, 6.07) is 11.2. The molecule has 1 aliphatic rings. The molecule has 19 heavy (non-hydrogen) atoms. The molecule has 0 spiro atoms. The van der Waals surface area contributed by atoms with Gasteiger partial charge in [-0.25, -0.2) is 0 Å². The molecule has 0 bridgehead atoms. The van der Waals surface area contributed by atoms with Crippen molar-refractivity contribution in [2.24, 2.45) is 11.7 Å². The SMILES string of the molecule is N#CC1=C(N)NC(=S)C(C#N)C1c1ccccc1Cl. The first kappa shape index (κ1) is 13.4. The van der Waals surface area contributed by atoms with Crippen molar-refractivity contribution < 1.29 is 0 Å². The van der Waals surface area contributed by atoms with Gasteiger partial charge in [0.15, 0.2) is 0 Å². The van der Waals surface area contributed by atoms with Crippen LogP contribution in [0.5, 0.6) is 0 Å². The van der Waals surface area contributed by atoms with Gasteiger partial charge in [-0.05, 0) is 11.6 Å². The maximum atomic E-state index is 9.29. The topological polar surface area (TPSA) is 85.6 Å². The highest BCUT2D eigenvalue weighted by Gasteiger charge is 2.37. The summed E-state index contributed by atoms with van der Waals surface area (Å²) in [5, 5.41) is 21.7. The van der Waals surface area contributed by atoms with Crippen LogP contribution in [0.1, 0.15) is 11.5 Å². The number of hydrogen-bond donors (Lipinski definition) is 2. The molecule has 0 saturated carbocycles. The summed E-state index contributed by atoms with van der Waals surface area (Å²) in [5.41, 5.74) is 6.75. The molecule has 0 amide bonds. The number of nitrogens with one attached hydrogen (secondary N) is 1. The first-order chi connectivity index (χ1) is 9.10. The van der Waals surface area contributed by atoms with Crippen molar-refractivity contribution in [1.82, 2.24) is 5.32 Å². The molecule has 2 atom stereocenters. The molecule has 3 N–H and O–H groups in total. The van der Waals surface area contributed by atoms with E-state index in [0.29, 0.717) is 15.6 Å². The molecule has 6 heteroatoms. The molecule has 1 aliphatic heterocycles. The van der Waals surface area contributed by atoms with Gasteiger partial charge in [-0.15, -0.1) is 0 Å². The number of nitriles is 2. The second kappa shape index (κ2) is 5.27. The second-order valence-electron chi connectivity index (χ2n) is 4.03. The standard InChI is InChI=1S/C13H9ClN4S/c14-10-4-2-1-3-7(10)11-8(5-15)12(17)18-13(19)9(11)6-16/h1-4,9,11H,17H2,(H,18,19). The predicted molar refractivity (Wildman–Crippen MR) is 75.9 cm³/mol. The molecule has 0 fully saturated rings. The van der Waals surface area contributed by atoms with Gasteiger partial charge >= 0.3 is 0 Å². The molecule has 94 valence electrons. The Hall–Kier alpha value is -2.08. The minimum Gasteiger partial charge on any atom is -0.384 e. The quantitative estimate of drug-likeness (QED) is 0.774. The van der Waals surface area contributed by atoms with Gasteiger partial charge in [0.25, 0.3) is 0 Å². The van der Waals surface area contributed by atoms with Gasteiger partial charge in [0, 0.05) is 10.9 Å². The highest BCUT2D eigenvalue weighted by atomic mass is 35.5. The molecule has 4 nitrogen and oxygen atoms in total. The van der Waals surface area contributed by atoms with Crippen molar-refractivity contribution in [3.05, 3.63) is 46.2 Å². The molecule has 0 saturated heterocycles. The number of benzene rings is 1. The lowest BCUT2D eigenvalue weighted by Gasteiger charge is -2.29. The van der Waals surface area contributed by atoms with E-state index in [2.05, 4.69) is 11.4 Å². The van der Waals surface area contributed by atoms with Crippen molar-refractivity contribution in [2.45, 2.75) is 5.92 Å². The van der Waals surface area contributed by atoms with E-state index in [4.69, 9.17) is 29.6 Å². The van der Waals surface area contributed by atoms with Gasteiger partial charge in [0.2, 0.25) is 0 Å². The fourth-order valence-corrected chi connectivity index (χ4v) is 2.64. The lowest BCUT2D eigenvalue weighted by molar-refractivity contribution is 0.681. The van der Waals surface area contributed by atoms with Crippen molar-refractivity contribution >= 4 is 28.8 Å². The van der Waals surface area contributed by atoms with E-state index < -0.39 is 11.8 Å². The molecule has 1 aromatic rings. The number of thiocarbonyl (C=S) groups is 1. The minimum absolute atomic E-state index is 0.184. The number of nitrogens with zero attached hydrogens (tertiary/aromatic N) is 2. The van der Waals surface area contributed by atoms with Gasteiger partial charge in [-0.2, -0.15) is 10.5 Å². The van der Waals surface area contributed by atoms with Crippen LogP contribution in [0.2, 0.25) is 5.02 Å². The maximum absolute atomic E-state index is 9.29. The number of halogens is 1. The predicted octanol–water partition coefficient (Wildman–Crippen LogP) is 2.19. The lowest BCUT2D eigenvalue weighted by atomic mass is 9.79. The summed E-state index contributed by atoms with van der Waals surface area (Å²) in [6.45, 7) is 0. The fourth-order valence-electron chi connectivity index (χ4n) is 2.09. The van der Waals surface area contributed by atoms with Crippen molar-refractivity contribution in [3.8, 4) is 12.1 Å². The highest BCUT2D eigenvalue weighted by Crippen LogP contribution is 2.38. The zero-order valence-corrected chi connectivity index (χ0v) is 11.3.